The SMILES string of the molecule is CSC1=Nc2ccc(C)cc2C(c2ccccc2)=NC1. The van der Waals surface area contributed by atoms with Crippen LogP contribution < -0.4 is 0 Å². The first-order valence-electron chi connectivity index (χ1n) is 6.60. The molecule has 2 aromatic rings. The van der Waals surface area contributed by atoms with Crippen LogP contribution in [0.5, 0.6) is 0 Å². The largest absolute Gasteiger partial charge is 0.277 e. The average Bonchev–Trinajstić information content (AvgIpc) is 2.67. The van der Waals surface area contributed by atoms with E-state index in [4.69, 9.17) is 9.98 Å². The highest BCUT2D eigenvalue weighted by Gasteiger charge is 2.15. The van der Waals surface area contributed by atoms with E-state index in [0.29, 0.717) is 6.54 Å². The van der Waals surface area contributed by atoms with Crippen LogP contribution >= 0.6 is 11.8 Å². The molecule has 2 nitrogen and oxygen atoms in total. The van der Waals surface area contributed by atoms with Crippen molar-refractivity contribution in [2.24, 2.45) is 9.98 Å². The quantitative estimate of drug-likeness (QED) is 0.767. The molecule has 3 heteroatoms. The zero-order chi connectivity index (χ0) is 13.9. The zero-order valence-electron chi connectivity index (χ0n) is 11.6. The first-order chi connectivity index (χ1) is 9.78. The van der Waals surface area contributed by atoms with Gasteiger partial charge >= 0.3 is 0 Å². The third kappa shape index (κ3) is 2.54. The number of rotatable bonds is 1. The summed E-state index contributed by atoms with van der Waals surface area (Å²) in [5.41, 5.74) is 5.56. The van der Waals surface area contributed by atoms with Crippen LogP contribution in [-0.4, -0.2) is 23.6 Å². The van der Waals surface area contributed by atoms with Gasteiger partial charge in [-0.05, 0) is 25.3 Å². The van der Waals surface area contributed by atoms with Gasteiger partial charge in [0.25, 0.3) is 0 Å². The molecule has 0 fully saturated rings. The second-order valence-corrected chi connectivity index (χ2v) is 5.64. The maximum absolute atomic E-state index is 4.79. The first kappa shape index (κ1) is 13.1. The van der Waals surface area contributed by atoms with Gasteiger partial charge in [-0.2, -0.15) is 0 Å². The van der Waals surface area contributed by atoms with E-state index < -0.39 is 0 Å². The molecule has 0 radical (unpaired) electrons. The molecule has 20 heavy (non-hydrogen) atoms. The van der Waals surface area contributed by atoms with E-state index >= 15 is 0 Å². The van der Waals surface area contributed by atoms with Crippen molar-refractivity contribution in [3.8, 4) is 0 Å². The predicted octanol–water partition coefficient (Wildman–Crippen LogP) is 4.24. The molecule has 0 saturated carbocycles. The number of aryl methyl sites for hydroxylation is 1. The van der Waals surface area contributed by atoms with Gasteiger partial charge in [0.2, 0.25) is 0 Å². The van der Waals surface area contributed by atoms with E-state index in [1.165, 1.54) is 5.56 Å². The van der Waals surface area contributed by atoms with E-state index in [1.807, 2.05) is 6.07 Å². The van der Waals surface area contributed by atoms with Crippen LogP contribution in [0, 0.1) is 6.92 Å². The molecule has 3 rings (SSSR count). The molecule has 0 atom stereocenters. The Hall–Kier alpha value is -1.87. The molecule has 0 N–H and O–H groups in total. The van der Waals surface area contributed by atoms with E-state index in [2.05, 4.69) is 55.6 Å². The fourth-order valence-electron chi connectivity index (χ4n) is 2.29. The Bertz CT molecular complexity index is 687. The lowest BCUT2D eigenvalue weighted by atomic mass is 9.99. The minimum atomic E-state index is 0.652. The van der Waals surface area contributed by atoms with Gasteiger partial charge in [0, 0.05) is 11.1 Å². The molecule has 1 aliphatic rings. The Morgan fingerprint density at radius 2 is 1.85 bits per heavy atom. The molecule has 1 heterocycles. The van der Waals surface area contributed by atoms with Crippen molar-refractivity contribution in [1.29, 1.82) is 0 Å². The lowest BCUT2D eigenvalue weighted by molar-refractivity contribution is 1.32. The zero-order valence-corrected chi connectivity index (χ0v) is 12.4. The number of nitrogens with zero attached hydrogens (tertiary/aromatic N) is 2. The van der Waals surface area contributed by atoms with Crippen LogP contribution in [0.25, 0.3) is 0 Å². The molecule has 0 amide bonds. The van der Waals surface area contributed by atoms with Crippen molar-refractivity contribution < 1.29 is 0 Å². The van der Waals surface area contributed by atoms with Crippen LogP contribution in [0.3, 0.4) is 0 Å². The third-order valence-electron chi connectivity index (χ3n) is 3.31. The molecule has 0 aromatic heterocycles. The minimum Gasteiger partial charge on any atom is -0.277 e. The Labute approximate surface area is 123 Å². The lowest BCUT2D eigenvalue weighted by Gasteiger charge is -2.09. The van der Waals surface area contributed by atoms with Gasteiger partial charge in [0.05, 0.1) is 23.0 Å². The summed E-state index contributed by atoms with van der Waals surface area (Å²) in [5, 5.41) is 1.06. The van der Waals surface area contributed by atoms with Crippen molar-refractivity contribution in [2.75, 3.05) is 12.8 Å². The van der Waals surface area contributed by atoms with Gasteiger partial charge < -0.3 is 0 Å². The normalized spacial score (nSPS) is 14.1. The molecule has 100 valence electrons. The smallest absolute Gasteiger partial charge is 0.0951 e. The topological polar surface area (TPSA) is 24.7 Å². The van der Waals surface area contributed by atoms with Gasteiger partial charge in [-0.15, -0.1) is 11.8 Å². The van der Waals surface area contributed by atoms with Crippen molar-refractivity contribution in [1.82, 2.24) is 0 Å². The Morgan fingerprint density at radius 3 is 2.60 bits per heavy atom. The lowest BCUT2D eigenvalue weighted by Crippen LogP contribution is -2.05. The van der Waals surface area contributed by atoms with Crippen LogP contribution in [0.1, 0.15) is 16.7 Å². The number of fused-ring (bicyclic) bond motifs is 1. The summed E-state index contributed by atoms with van der Waals surface area (Å²) in [7, 11) is 0. The minimum absolute atomic E-state index is 0.652. The van der Waals surface area contributed by atoms with Crippen LogP contribution in [0.4, 0.5) is 5.69 Å². The number of hydrogen-bond donors (Lipinski definition) is 0. The first-order valence-corrected chi connectivity index (χ1v) is 7.83. The summed E-state index contributed by atoms with van der Waals surface area (Å²) in [6.07, 6.45) is 2.05. The summed E-state index contributed by atoms with van der Waals surface area (Å²) >= 11 is 1.67. The standard InChI is InChI=1S/C17H16N2S/c1-12-8-9-15-14(10-12)17(13-6-4-3-5-7-13)18-11-16(19-15)20-2/h3-10H,11H2,1-2H3. The number of aliphatic imine (C=N–C) groups is 2. The van der Waals surface area contributed by atoms with Gasteiger partial charge in [-0.25, -0.2) is 4.99 Å². The molecule has 0 bridgehead atoms. The second-order valence-electron chi connectivity index (χ2n) is 4.76. The maximum Gasteiger partial charge on any atom is 0.0951 e. The molecule has 0 saturated heterocycles. The van der Waals surface area contributed by atoms with Crippen molar-refractivity contribution in [3.05, 3.63) is 65.2 Å². The summed E-state index contributed by atoms with van der Waals surface area (Å²) in [6.45, 7) is 2.76. The fourth-order valence-corrected chi connectivity index (χ4v) is 2.67. The second kappa shape index (κ2) is 5.63. The summed E-state index contributed by atoms with van der Waals surface area (Å²) in [6, 6.07) is 16.7. The van der Waals surface area contributed by atoms with Gasteiger partial charge in [-0.3, -0.25) is 4.99 Å². The van der Waals surface area contributed by atoms with Crippen molar-refractivity contribution >= 4 is 28.2 Å². The van der Waals surface area contributed by atoms with Gasteiger partial charge in [0.15, 0.2) is 0 Å². The van der Waals surface area contributed by atoms with Crippen molar-refractivity contribution in [3.63, 3.8) is 0 Å². The van der Waals surface area contributed by atoms with Gasteiger partial charge in [0.1, 0.15) is 0 Å². The summed E-state index contributed by atoms with van der Waals surface area (Å²) < 4.78 is 0. The van der Waals surface area contributed by atoms with Gasteiger partial charge in [-0.1, -0.05) is 42.0 Å². The fraction of sp³-hybridized carbons (Fsp3) is 0.176. The highest BCUT2D eigenvalue weighted by Crippen LogP contribution is 2.27. The van der Waals surface area contributed by atoms with Crippen molar-refractivity contribution in [2.45, 2.75) is 6.92 Å². The van der Waals surface area contributed by atoms with E-state index in [-0.39, 0.29) is 0 Å². The monoisotopic (exact) mass is 280 g/mol. The third-order valence-corrected chi connectivity index (χ3v) is 4.00. The molecular formula is C17H16N2S. The highest BCUT2D eigenvalue weighted by molar-refractivity contribution is 8.13. The highest BCUT2D eigenvalue weighted by atomic mass is 32.2. The Morgan fingerprint density at radius 1 is 1.05 bits per heavy atom. The Kier molecular flexibility index (Phi) is 3.70. The summed E-state index contributed by atoms with van der Waals surface area (Å²) in [5.74, 6) is 0. The molecule has 2 aromatic carbocycles. The molecule has 0 spiro atoms. The van der Waals surface area contributed by atoms with Crippen LogP contribution in [-0.2, 0) is 0 Å². The van der Waals surface area contributed by atoms with E-state index in [1.54, 1.807) is 11.8 Å². The average molecular weight is 280 g/mol. The molecule has 0 unspecified atom stereocenters. The molecular weight excluding hydrogens is 264 g/mol. The van der Waals surface area contributed by atoms with Crippen LogP contribution in [0.15, 0.2) is 58.5 Å². The maximum atomic E-state index is 4.79. The van der Waals surface area contributed by atoms with E-state index in [9.17, 15) is 0 Å². The number of thioether (sulfide) groups is 1. The summed E-state index contributed by atoms with van der Waals surface area (Å²) in [4.78, 5) is 9.53. The number of benzene rings is 2. The van der Waals surface area contributed by atoms with E-state index in [0.717, 1.165) is 27.6 Å². The molecule has 0 aliphatic carbocycles. The molecule has 1 aliphatic heterocycles. The van der Waals surface area contributed by atoms with Crippen LogP contribution in [0.2, 0.25) is 0 Å². The predicted molar refractivity (Wildman–Crippen MR) is 88.7 cm³/mol. The Balaban J connectivity index is 2.19. The number of hydrogen-bond acceptors (Lipinski definition) is 3.